The van der Waals surface area contributed by atoms with E-state index in [-0.39, 0.29) is 18.0 Å². The molecule has 1 amide bonds. The van der Waals surface area contributed by atoms with Gasteiger partial charge in [0.15, 0.2) is 0 Å². The van der Waals surface area contributed by atoms with Crippen LogP contribution in [0.25, 0.3) is 0 Å². The maximum atomic E-state index is 11.1. The van der Waals surface area contributed by atoms with E-state index in [0.717, 1.165) is 6.42 Å². The van der Waals surface area contributed by atoms with Gasteiger partial charge in [0.2, 0.25) is 5.91 Å². The number of amides is 1. The largest absolute Gasteiger partial charge is 0.391 e. The Morgan fingerprint density at radius 2 is 2.42 bits per heavy atom. The van der Waals surface area contributed by atoms with Crippen molar-refractivity contribution in [1.29, 1.82) is 0 Å². The first kappa shape index (κ1) is 9.48. The maximum absolute atomic E-state index is 11.1. The highest BCUT2D eigenvalue weighted by Gasteiger charge is 2.37. The van der Waals surface area contributed by atoms with Gasteiger partial charge in [-0.25, -0.2) is 0 Å². The van der Waals surface area contributed by atoms with Gasteiger partial charge < -0.3 is 16.2 Å². The molecule has 1 aliphatic rings. The molecule has 0 heterocycles. The SMILES string of the molecule is CCCC(=O)NC1CC(O)C1N. The summed E-state index contributed by atoms with van der Waals surface area (Å²) in [5, 5.41) is 11.8. The third-order valence-corrected chi connectivity index (χ3v) is 2.23. The zero-order chi connectivity index (χ0) is 9.14. The van der Waals surface area contributed by atoms with E-state index in [1.165, 1.54) is 0 Å². The molecule has 0 bridgehead atoms. The second kappa shape index (κ2) is 3.87. The molecule has 0 spiro atoms. The number of hydrogen-bond acceptors (Lipinski definition) is 3. The summed E-state index contributed by atoms with van der Waals surface area (Å²) in [6.45, 7) is 1.95. The summed E-state index contributed by atoms with van der Waals surface area (Å²) >= 11 is 0. The molecule has 0 saturated heterocycles. The summed E-state index contributed by atoms with van der Waals surface area (Å²) in [7, 11) is 0. The molecule has 1 aliphatic carbocycles. The quantitative estimate of drug-likeness (QED) is 0.530. The molecule has 0 aliphatic heterocycles. The van der Waals surface area contributed by atoms with Crippen LogP contribution in [-0.4, -0.2) is 29.2 Å². The first-order valence-corrected chi connectivity index (χ1v) is 4.38. The van der Waals surface area contributed by atoms with Gasteiger partial charge in [0.25, 0.3) is 0 Å². The van der Waals surface area contributed by atoms with Crippen molar-refractivity contribution >= 4 is 5.91 Å². The van der Waals surface area contributed by atoms with Crippen molar-refractivity contribution in [3.63, 3.8) is 0 Å². The van der Waals surface area contributed by atoms with Gasteiger partial charge >= 0.3 is 0 Å². The van der Waals surface area contributed by atoms with Gasteiger partial charge in [0, 0.05) is 12.5 Å². The van der Waals surface area contributed by atoms with Gasteiger partial charge in [-0.05, 0) is 12.8 Å². The highest BCUT2D eigenvalue weighted by atomic mass is 16.3. The lowest BCUT2D eigenvalue weighted by Crippen LogP contribution is -2.63. The van der Waals surface area contributed by atoms with Crippen LogP contribution in [0.15, 0.2) is 0 Å². The van der Waals surface area contributed by atoms with Crippen LogP contribution in [-0.2, 0) is 4.79 Å². The zero-order valence-corrected chi connectivity index (χ0v) is 7.29. The van der Waals surface area contributed by atoms with Crippen LogP contribution in [0.4, 0.5) is 0 Å². The molecule has 1 rings (SSSR count). The minimum absolute atomic E-state index is 0.0148. The Hall–Kier alpha value is -0.610. The average molecular weight is 172 g/mol. The Morgan fingerprint density at radius 3 is 2.83 bits per heavy atom. The third-order valence-electron chi connectivity index (χ3n) is 2.23. The van der Waals surface area contributed by atoms with Crippen LogP contribution in [0.2, 0.25) is 0 Å². The van der Waals surface area contributed by atoms with Gasteiger partial charge in [-0.3, -0.25) is 4.79 Å². The normalized spacial score (nSPS) is 34.1. The highest BCUT2D eigenvalue weighted by molar-refractivity contribution is 5.76. The summed E-state index contributed by atoms with van der Waals surface area (Å²) in [5.74, 6) is 0.0323. The summed E-state index contributed by atoms with van der Waals surface area (Å²) < 4.78 is 0. The molecule has 12 heavy (non-hydrogen) atoms. The molecule has 4 heteroatoms. The standard InChI is InChI=1S/C8H16N2O2/c1-2-3-7(12)10-5-4-6(11)8(5)9/h5-6,8,11H,2-4,9H2,1H3,(H,10,12). The Labute approximate surface area is 72.1 Å². The zero-order valence-electron chi connectivity index (χ0n) is 7.29. The summed E-state index contributed by atoms with van der Waals surface area (Å²) in [4.78, 5) is 11.1. The number of carbonyl (C=O) groups excluding carboxylic acids is 1. The molecule has 0 aromatic heterocycles. The summed E-state index contributed by atoms with van der Waals surface area (Å²) in [5.41, 5.74) is 5.55. The lowest BCUT2D eigenvalue weighted by molar-refractivity contribution is -0.123. The number of nitrogens with one attached hydrogen (secondary N) is 1. The maximum Gasteiger partial charge on any atom is 0.220 e. The fraction of sp³-hybridized carbons (Fsp3) is 0.875. The van der Waals surface area contributed by atoms with Crippen molar-refractivity contribution in [2.45, 2.75) is 44.4 Å². The van der Waals surface area contributed by atoms with E-state index in [1.807, 2.05) is 6.92 Å². The first-order valence-electron chi connectivity index (χ1n) is 4.38. The fourth-order valence-corrected chi connectivity index (χ4v) is 1.31. The van der Waals surface area contributed by atoms with Gasteiger partial charge in [0.05, 0.1) is 12.1 Å². The molecular formula is C8H16N2O2. The van der Waals surface area contributed by atoms with Gasteiger partial charge in [-0.2, -0.15) is 0 Å². The lowest BCUT2D eigenvalue weighted by Gasteiger charge is -2.39. The second-order valence-electron chi connectivity index (χ2n) is 3.30. The molecule has 1 saturated carbocycles. The van der Waals surface area contributed by atoms with E-state index in [1.54, 1.807) is 0 Å². The van der Waals surface area contributed by atoms with Gasteiger partial charge in [0.1, 0.15) is 0 Å². The number of carbonyl (C=O) groups is 1. The molecule has 4 nitrogen and oxygen atoms in total. The average Bonchev–Trinajstić information content (AvgIpc) is 2.04. The lowest BCUT2D eigenvalue weighted by atomic mass is 9.84. The number of nitrogens with two attached hydrogens (primary N) is 1. The van der Waals surface area contributed by atoms with Crippen molar-refractivity contribution in [3.05, 3.63) is 0 Å². The molecule has 0 aromatic rings. The van der Waals surface area contributed by atoms with E-state index in [9.17, 15) is 4.79 Å². The number of rotatable bonds is 3. The number of aliphatic hydroxyl groups is 1. The molecule has 1 fully saturated rings. The Morgan fingerprint density at radius 1 is 1.75 bits per heavy atom. The Bertz CT molecular complexity index is 172. The first-order chi connectivity index (χ1) is 5.65. The number of aliphatic hydroxyl groups excluding tert-OH is 1. The number of hydrogen-bond donors (Lipinski definition) is 3. The Kier molecular flexibility index (Phi) is 3.05. The minimum Gasteiger partial charge on any atom is -0.391 e. The second-order valence-corrected chi connectivity index (χ2v) is 3.30. The van der Waals surface area contributed by atoms with Crippen molar-refractivity contribution in [1.82, 2.24) is 5.32 Å². The monoisotopic (exact) mass is 172 g/mol. The van der Waals surface area contributed by atoms with Crippen LogP contribution in [0.1, 0.15) is 26.2 Å². The molecular weight excluding hydrogens is 156 g/mol. The van der Waals surface area contributed by atoms with Crippen LogP contribution in [0, 0.1) is 0 Å². The van der Waals surface area contributed by atoms with E-state index in [0.29, 0.717) is 12.8 Å². The molecule has 0 aromatic carbocycles. The van der Waals surface area contributed by atoms with E-state index < -0.39 is 6.10 Å². The van der Waals surface area contributed by atoms with Crippen LogP contribution >= 0.6 is 0 Å². The van der Waals surface area contributed by atoms with E-state index in [4.69, 9.17) is 10.8 Å². The Balaban J connectivity index is 2.20. The van der Waals surface area contributed by atoms with Crippen molar-refractivity contribution < 1.29 is 9.90 Å². The highest BCUT2D eigenvalue weighted by Crippen LogP contribution is 2.18. The van der Waals surface area contributed by atoms with Gasteiger partial charge in [-0.1, -0.05) is 6.92 Å². The van der Waals surface area contributed by atoms with E-state index in [2.05, 4.69) is 5.32 Å². The third kappa shape index (κ3) is 1.95. The summed E-state index contributed by atoms with van der Waals surface area (Å²) in [6, 6.07) is -0.287. The summed E-state index contributed by atoms with van der Waals surface area (Å²) in [6.07, 6.45) is 1.55. The topological polar surface area (TPSA) is 75.3 Å². The predicted molar refractivity (Wildman–Crippen MR) is 45.4 cm³/mol. The molecule has 3 unspecified atom stereocenters. The van der Waals surface area contributed by atoms with Crippen molar-refractivity contribution in [2.75, 3.05) is 0 Å². The van der Waals surface area contributed by atoms with Crippen LogP contribution in [0.5, 0.6) is 0 Å². The predicted octanol–water partition coefficient (Wildman–Crippen LogP) is -0.637. The minimum atomic E-state index is -0.433. The van der Waals surface area contributed by atoms with Crippen LogP contribution < -0.4 is 11.1 Å². The molecule has 4 N–H and O–H groups in total. The van der Waals surface area contributed by atoms with E-state index >= 15 is 0 Å². The van der Waals surface area contributed by atoms with Crippen molar-refractivity contribution in [3.8, 4) is 0 Å². The molecule has 70 valence electrons. The van der Waals surface area contributed by atoms with Gasteiger partial charge in [-0.15, -0.1) is 0 Å². The molecule has 0 radical (unpaired) electrons. The van der Waals surface area contributed by atoms with Crippen LogP contribution in [0.3, 0.4) is 0 Å². The molecule has 3 atom stereocenters. The van der Waals surface area contributed by atoms with Crippen molar-refractivity contribution in [2.24, 2.45) is 5.73 Å². The smallest absolute Gasteiger partial charge is 0.220 e. The fourth-order valence-electron chi connectivity index (χ4n) is 1.31.